The Hall–Kier alpha value is -4.53. The lowest BCUT2D eigenvalue weighted by molar-refractivity contribution is 0.0945. The summed E-state index contributed by atoms with van der Waals surface area (Å²) in [5.74, 6) is 1.94. The van der Waals surface area contributed by atoms with Crippen molar-refractivity contribution in [2.45, 2.75) is 25.4 Å². The van der Waals surface area contributed by atoms with Crippen molar-refractivity contribution in [2.24, 2.45) is 0 Å². The number of nitrogens with one attached hydrogen (secondary N) is 1. The van der Waals surface area contributed by atoms with Crippen LogP contribution < -0.4 is 15.0 Å². The average Bonchev–Trinajstić information content (AvgIpc) is 3.60. The highest BCUT2D eigenvalue weighted by Gasteiger charge is 2.28. The summed E-state index contributed by atoms with van der Waals surface area (Å²) >= 11 is 0. The van der Waals surface area contributed by atoms with Crippen LogP contribution in [0.4, 0.5) is 5.82 Å². The molecule has 1 atom stereocenters. The Bertz CT molecular complexity index is 1520. The highest BCUT2D eigenvalue weighted by molar-refractivity contribution is 5.97. The molecule has 180 valence electrons. The second kappa shape index (κ2) is 9.61. The van der Waals surface area contributed by atoms with Gasteiger partial charge < -0.3 is 15.0 Å². The predicted molar refractivity (Wildman–Crippen MR) is 136 cm³/mol. The monoisotopic (exact) mass is 479 g/mol. The van der Waals surface area contributed by atoms with Gasteiger partial charge in [-0.15, -0.1) is 0 Å². The van der Waals surface area contributed by atoms with Gasteiger partial charge >= 0.3 is 0 Å². The van der Waals surface area contributed by atoms with Gasteiger partial charge in [-0.1, -0.05) is 42.5 Å². The van der Waals surface area contributed by atoms with Gasteiger partial charge in [-0.05, 0) is 36.6 Å². The van der Waals surface area contributed by atoms with Gasteiger partial charge in [0.1, 0.15) is 30.2 Å². The first kappa shape index (κ1) is 22.0. The van der Waals surface area contributed by atoms with Crippen LogP contribution in [-0.4, -0.2) is 49.7 Å². The largest absolute Gasteiger partial charge is 0.491 e. The van der Waals surface area contributed by atoms with Crippen LogP contribution >= 0.6 is 0 Å². The number of hydrogen-bond acceptors (Lipinski definition) is 7. The van der Waals surface area contributed by atoms with E-state index in [1.165, 1.54) is 6.33 Å². The number of pyridine rings is 1. The van der Waals surface area contributed by atoms with Crippen molar-refractivity contribution < 1.29 is 9.53 Å². The number of ether oxygens (including phenoxy) is 1. The number of anilines is 1. The van der Waals surface area contributed by atoms with E-state index in [-0.39, 0.29) is 11.9 Å². The number of aromatic nitrogens is 5. The fraction of sp³-hybridized carbons (Fsp3) is 0.222. The standard InChI is InChI=1S/C27H25N7O2/c35-26(29-16-19-7-2-1-3-8-19)23-15-24(21-10-4-5-11-22(21)32-23)36-17-20-9-6-14-33(20)25-12-13-28-27-30-18-31-34(25)27/h1-5,7-8,10-13,15,18,20H,6,9,14,16-17H2,(H,29,35)/t20-/m1/s1. The van der Waals surface area contributed by atoms with Crippen LogP contribution in [0.5, 0.6) is 5.75 Å². The number of fused-ring (bicyclic) bond motifs is 2. The molecule has 0 aliphatic carbocycles. The van der Waals surface area contributed by atoms with Crippen LogP contribution in [0.3, 0.4) is 0 Å². The molecule has 0 saturated carbocycles. The second-order valence-electron chi connectivity index (χ2n) is 8.77. The van der Waals surface area contributed by atoms with Gasteiger partial charge in [0, 0.05) is 30.7 Å². The van der Waals surface area contributed by atoms with E-state index < -0.39 is 0 Å². The molecule has 0 spiro atoms. The van der Waals surface area contributed by atoms with E-state index in [1.54, 1.807) is 16.8 Å². The minimum atomic E-state index is -0.234. The minimum Gasteiger partial charge on any atom is -0.491 e. The molecule has 9 nitrogen and oxygen atoms in total. The number of para-hydroxylation sites is 1. The zero-order valence-corrected chi connectivity index (χ0v) is 19.6. The molecule has 1 saturated heterocycles. The van der Waals surface area contributed by atoms with E-state index in [4.69, 9.17) is 4.74 Å². The number of benzene rings is 2. The first-order valence-electron chi connectivity index (χ1n) is 12.0. The van der Waals surface area contributed by atoms with E-state index in [0.717, 1.165) is 41.7 Å². The van der Waals surface area contributed by atoms with E-state index in [0.29, 0.717) is 30.4 Å². The van der Waals surface area contributed by atoms with Gasteiger partial charge in [0.15, 0.2) is 0 Å². The molecule has 1 aliphatic heterocycles. The van der Waals surface area contributed by atoms with Gasteiger partial charge in [0.25, 0.3) is 11.7 Å². The summed E-state index contributed by atoms with van der Waals surface area (Å²) in [6, 6.07) is 21.4. The summed E-state index contributed by atoms with van der Waals surface area (Å²) in [6.07, 6.45) is 5.32. The van der Waals surface area contributed by atoms with Crippen LogP contribution in [0, 0.1) is 0 Å². The van der Waals surface area contributed by atoms with Crippen LogP contribution in [0.25, 0.3) is 16.7 Å². The summed E-state index contributed by atoms with van der Waals surface area (Å²) in [5.41, 5.74) is 2.09. The quantitative estimate of drug-likeness (QED) is 0.381. The van der Waals surface area contributed by atoms with E-state index in [1.807, 2.05) is 60.7 Å². The summed E-state index contributed by atoms with van der Waals surface area (Å²) in [4.78, 5) is 28.3. The number of carbonyl (C=O) groups is 1. The molecule has 5 aromatic rings. The Kier molecular flexibility index (Phi) is 5.87. The third-order valence-corrected chi connectivity index (χ3v) is 6.47. The van der Waals surface area contributed by atoms with Crippen molar-refractivity contribution in [3.05, 3.63) is 90.5 Å². The first-order chi connectivity index (χ1) is 17.8. The number of hydrogen-bond donors (Lipinski definition) is 1. The zero-order chi connectivity index (χ0) is 24.3. The lowest BCUT2D eigenvalue weighted by atomic mass is 10.1. The van der Waals surface area contributed by atoms with Gasteiger partial charge in [0.05, 0.1) is 11.6 Å². The second-order valence-corrected chi connectivity index (χ2v) is 8.77. The first-order valence-corrected chi connectivity index (χ1v) is 12.0. The zero-order valence-electron chi connectivity index (χ0n) is 19.6. The van der Waals surface area contributed by atoms with E-state index >= 15 is 0 Å². The molecular formula is C27H25N7O2. The van der Waals surface area contributed by atoms with Crippen molar-refractivity contribution in [1.82, 2.24) is 29.9 Å². The Morgan fingerprint density at radius 1 is 1.06 bits per heavy atom. The Morgan fingerprint density at radius 3 is 2.83 bits per heavy atom. The molecule has 1 N–H and O–H groups in total. The Labute approximate surface area is 207 Å². The van der Waals surface area contributed by atoms with Crippen LogP contribution in [-0.2, 0) is 6.54 Å². The maximum Gasteiger partial charge on any atom is 0.270 e. The topological polar surface area (TPSA) is 97.5 Å². The molecule has 0 radical (unpaired) electrons. The van der Waals surface area contributed by atoms with E-state index in [9.17, 15) is 4.79 Å². The third kappa shape index (κ3) is 4.31. The molecule has 3 aromatic heterocycles. The molecule has 2 aromatic carbocycles. The summed E-state index contributed by atoms with van der Waals surface area (Å²) in [6.45, 7) is 1.80. The number of carbonyl (C=O) groups excluding carboxylic acids is 1. The molecule has 4 heterocycles. The lowest BCUT2D eigenvalue weighted by Crippen LogP contribution is -2.35. The predicted octanol–water partition coefficient (Wildman–Crippen LogP) is 3.65. The highest BCUT2D eigenvalue weighted by atomic mass is 16.5. The molecule has 0 unspecified atom stereocenters. The Morgan fingerprint density at radius 2 is 1.92 bits per heavy atom. The van der Waals surface area contributed by atoms with Crippen molar-refractivity contribution in [3.63, 3.8) is 0 Å². The molecular weight excluding hydrogens is 454 g/mol. The van der Waals surface area contributed by atoms with Crippen LogP contribution in [0.2, 0.25) is 0 Å². The van der Waals surface area contributed by atoms with Gasteiger partial charge in [-0.2, -0.15) is 14.6 Å². The molecule has 6 rings (SSSR count). The summed E-state index contributed by atoms with van der Waals surface area (Å²) < 4.78 is 8.14. The van der Waals surface area contributed by atoms with Gasteiger partial charge in [-0.3, -0.25) is 4.79 Å². The van der Waals surface area contributed by atoms with Crippen LogP contribution in [0.1, 0.15) is 28.9 Å². The smallest absolute Gasteiger partial charge is 0.270 e. The maximum absolute atomic E-state index is 13.0. The molecule has 1 fully saturated rings. The molecule has 9 heteroatoms. The lowest BCUT2D eigenvalue weighted by Gasteiger charge is -2.26. The average molecular weight is 480 g/mol. The van der Waals surface area contributed by atoms with Crippen molar-refractivity contribution in [1.29, 1.82) is 0 Å². The van der Waals surface area contributed by atoms with Crippen molar-refractivity contribution >= 4 is 28.4 Å². The van der Waals surface area contributed by atoms with Gasteiger partial charge in [-0.25, -0.2) is 9.97 Å². The number of nitrogens with zero attached hydrogens (tertiary/aromatic N) is 6. The fourth-order valence-electron chi connectivity index (χ4n) is 4.69. The van der Waals surface area contributed by atoms with E-state index in [2.05, 4.69) is 30.3 Å². The maximum atomic E-state index is 13.0. The van der Waals surface area contributed by atoms with Gasteiger partial charge in [0.2, 0.25) is 0 Å². The van der Waals surface area contributed by atoms with Crippen LogP contribution in [0.15, 0.2) is 79.3 Å². The summed E-state index contributed by atoms with van der Waals surface area (Å²) in [7, 11) is 0. The molecule has 1 amide bonds. The number of amides is 1. The molecule has 1 aliphatic rings. The molecule has 0 bridgehead atoms. The van der Waals surface area contributed by atoms with Crippen molar-refractivity contribution in [3.8, 4) is 5.75 Å². The SMILES string of the molecule is O=C(NCc1ccccc1)c1cc(OC[C@H]2CCCN2c2ccnc3ncnn23)c2ccccc2n1. The Balaban J connectivity index is 1.23. The number of rotatable bonds is 7. The molecule has 36 heavy (non-hydrogen) atoms. The highest BCUT2D eigenvalue weighted by Crippen LogP contribution is 2.29. The normalized spacial score (nSPS) is 15.4. The summed E-state index contributed by atoms with van der Waals surface area (Å²) in [5, 5.41) is 8.17. The van der Waals surface area contributed by atoms with Crippen molar-refractivity contribution in [2.75, 3.05) is 18.1 Å². The minimum absolute atomic E-state index is 0.155. The fourth-order valence-corrected chi connectivity index (χ4v) is 4.69. The third-order valence-electron chi connectivity index (χ3n) is 6.47.